The van der Waals surface area contributed by atoms with E-state index in [9.17, 15) is 0 Å². The molecule has 3 nitrogen and oxygen atoms in total. The van der Waals surface area contributed by atoms with E-state index in [0.717, 1.165) is 50.1 Å². The summed E-state index contributed by atoms with van der Waals surface area (Å²) in [6.07, 6.45) is 0. The summed E-state index contributed by atoms with van der Waals surface area (Å²) >= 11 is 0. The van der Waals surface area contributed by atoms with Crippen LogP contribution in [0.1, 0.15) is 0 Å². The van der Waals surface area contributed by atoms with Crippen molar-refractivity contribution in [3.8, 4) is 39.1 Å². The topological polar surface area (TPSA) is 21.3 Å². The first-order valence-corrected chi connectivity index (χ1v) is 20.8. The third kappa shape index (κ3) is 5.98. The highest BCUT2D eigenvalue weighted by Gasteiger charge is 2.17. The Morgan fingerprint density at radius 3 is 1.56 bits per heavy atom. The van der Waals surface area contributed by atoms with Gasteiger partial charge in [-0.05, 0) is 118 Å². The number of benzene rings is 10. The molecule has 0 amide bonds. The van der Waals surface area contributed by atoms with Gasteiger partial charge in [0.25, 0.3) is 0 Å². The molecule has 10 aromatic carbocycles. The van der Waals surface area contributed by atoms with Crippen molar-refractivity contribution in [2.75, 3.05) is 4.90 Å². The molecule has 0 saturated heterocycles. The summed E-state index contributed by atoms with van der Waals surface area (Å²) in [6, 6.07) is 82.9. The van der Waals surface area contributed by atoms with Gasteiger partial charge in [0.1, 0.15) is 11.2 Å². The fraction of sp³-hybridized carbons (Fsp3) is 0. The molecule has 3 heteroatoms. The van der Waals surface area contributed by atoms with E-state index in [1.54, 1.807) is 0 Å². The van der Waals surface area contributed by atoms with Crippen molar-refractivity contribution in [2.45, 2.75) is 0 Å². The van der Waals surface area contributed by atoms with Crippen LogP contribution in [0, 0.1) is 0 Å². The fourth-order valence-corrected chi connectivity index (χ4v) is 9.20. The molecule has 0 spiro atoms. The van der Waals surface area contributed by atoms with Crippen LogP contribution in [-0.4, -0.2) is 4.57 Å². The number of para-hydroxylation sites is 3. The zero-order valence-corrected chi connectivity index (χ0v) is 33.2. The second kappa shape index (κ2) is 14.3. The summed E-state index contributed by atoms with van der Waals surface area (Å²) in [5, 5.41) is 7.20. The van der Waals surface area contributed by atoms with Gasteiger partial charge in [-0.25, -0.2) is 0 Å². The Kier molecular flexibility index (Phi) is 8.17. The van der Waals surface area contributed by atoms with Crippen LogP contribution >= 0.6 is 0 Å². The Morgan fingerprint density at radius 2 is 0.820 bits per heavy atom. The van der Waals surface area contributed by atoms with E-state index in [0.29, 0.717) is 0 Å². The lowest BCUT2D eigenvalue weighted by atomic mass is 9.98. The van der Waals surface area contributed by atoms with Crippen molar-refractivity contribution in [3.63, 3.8) is 0 Å². The number of nitrogens with zero attached hydrogens (tertiary/aromatic N) is 2. The Balaban J connectivity index is 0.871. The van der Waals surface area contributed by atoms with E-state index in [4.69, 9.17) is 4.42 Å². The first-order chi connectivity index (χ1) is 30.2. The number of anilines is 3. The van der Waals surface area contributed by atoms with E-state index in [-0.39, 0.29) is 0 Å². The van der Waals surface area contributed by atoms with Crippen molar-refractivity contribution in [3.05, 3.63) is 231 Å². The average molecular weight is 779 g/mol. The fourth-order valence-electron chi connectivity index (χ4n) is 9.20. The Labute approximate surface area is 353 Å². The van der Waals surface area contributed by atoms with Gasteiger partial charge in [0, 0.05) is 44.0 Å². The number of hydrogen-bond donors (Lipinski definition) is 0. The second-order valence-corrected chi connectivity index (χ2v) is 15.7. The van der Waals surface area contributed by atoms with Gasteiger partial charge in [-0.2, -0.15) is 0 Å². The van der Waals surface area contributed by atoms with Crippen LogP contribution in [0.4, 0.5) is 17.1 Å². The number of hydrogen-bond acceptors (Lipinski definition) is 2. The molecule has 2 heterocycles. The van der Waals surface area contributed by atoms with Gasteiger partial charge in [-0.15, -0.1) is 0 Å². The van der Waals surface area contributed by atoms with Crippen molar-refractivity contribution >= 4 is 71.6 Å². The maximum Gasteiger partial charge on any atom is 0.136 e. The Morgan fingerprint density at radius 1 is 0.311 bits per heavy atom. The minimum atomic E-state index is 0.903. The number of fused-ring (bicyclic) bond motifs is 7. The smallest absolute Gasteiger partial charge is 0.136 e. The predicted octanol–water partition coefficient (Wildman–Crippen LogP) is 16.3. The van der Waals surface area contributed by atoms with Crippen molar-refractivity contribution in [2.24, 2.45) is 0 Å². The van der Waals surface area contributed by atoms with Crippen LogP contribution in [0.15, 0.2) is 235 Å². The quantitative estimate of drug-likeness (QED) is 0.161. The highest BCUT2D eigenvalue weighted by atomic mass is 16.3. The summed E-state index contributed by atoms with van der Waals surface area (Å²) in [4.78, 5) is 2.37. The highest BCUT2D eigenvalue weighted by molar-refractivity contribution is 6.10. The molecule has 0 atom stereocenters. The third-order valence-corrected chi connectivity index (χ3v) is 12.2. The lowest BCUT2D eigenvalue weighted by Gasteiger charge is -2.27. The van der Waals surface area contributed by atoms with Crippen molar-refractivity contribution in [1.82, 2.24) is 4.57 Å². The minimum Gasteiger partial charge on any atom is -0.456 e. The molecule has 0 fully saturated rings. The van der Waals surface area contributed by atoms with Crippen LogP contribution in [0.3, 0.4) is 0 Å². The third-order valence-electron chi connectivity index (χ3n) is 12.2. The van der Waals surface area contributed by atoms with Gasteiger partial charge < -0.3 is 13.9 Å². The minimum absolute atomic E-state index is 0.903. The summed E-state index contributed by atoms with van der Waals surface area (Å²) < 4.78 is 8.60. The lowest BCUT2D eigenvalue weighted by Crippen LogP contribution is -2.10. The van der Waals surface area contributed by atoms with E-state index in [1.165, 1.54) is 60.5 Å². The molecule has 12 aromatic rings. The largest absolute Gasteiger partial charge is 0.456 e. The van der Waals surface area contributed by atoms with Gasteiger partial charge in [-0.1, -0.05) is 152 Å². The summed E-state index contributed by atoms with van der Waals surface area (Å²) in [6.45, 7) is 0. The van der Waals surface area contributed by atoms with Crippen molar-refractivity contribution in [1.29, 1.82) is 0 Å². The Hall–Kier alpha value is -8.14. The number of rotatable bonds is 7. The first-order valence-electron chi connectivity index (χ1n) is 20.8. The second-order valence-electron chi connectivity index (χ2n) is 15.7. The molecule has 0 N–H and O–H groups in total. The molecule has 0 aliphatic carbocycles. The van der Waals surface area contributed by atoms with Gasteiger partial charge in [0.15, 0.2) is 0 Å². The maximum absolute atomic E-state index is 6.23. The summed E-state index contributed by atoms with van der Waals surface area (Å²) in [7, 11) is 0. The van der Waals surface area contributed by atoms with Crippen LogP contribution in [-0.2, 0) is 0 Å². The molecule has 61 heavy (non-hydrogen) atoms. The molecular formula is C58H38N2O. The zero-order valence-electron chi connectivity index (χ0n) is 33.2. The molecule has 0 bridgehead atoms. The maximum atomic E-state index is 6.23. The molecule has 0 aliphatic rings. The molecule has 286 valence electrons. The molecular weight excluding hydrogens is 741 g/mol. The SMILES string of the molecule is c1ccc(-n2c3ccccc3c3cc(-c4ccc(-c5ccc(N(c6ccc(-c7ccc8c(c7)oc7ccccc78)cc6)c6cccc7ccccc67)cc5)cc4)ccc32)cc1. The molecule has 0 saturated carbocycles. The van der Waals surface area contributed by atoms with Crippen LogP contribution in [0.25, 0.3) is 93.6 Å². The Bertz CT molecular complexity index is 3560. The zero-order chi connectivity index (χ0) is 40.3. The molecule has 0 radical (unpaired) electrons. The average Bonchev–Trinajstić information content (AvgIpc) is 3.88. The number of furan rings is 1. The van der Waals surface area contributed by atoms with E-state index < -0.39 is 0 Å². The lowest BCUT2D eigenvalue weighted by molar-refractivity contribution is 0.669. The molecule has 2 aromatic heterocycles. The van der Waals surface area contributed by atoms with Gasteiger partial charge in [0.05, 0.1) is 16.7 Å². The van der Waals surface area contributed by atoms with Gasteiger partial charge in [0.2, 0.25) is 0 Å². The summed E-state index contributed by atoms with van der Waals surface area (Å²) in [5.74, 6) is 0. The normalized spacial score (nSPS) is 11.6. The highest BCUT2D eigenvalue weighted by Crippen LogP contribution is 2.41. The molecule has 0 aliphatic heterocycles. The predicted molar refractivity (Wildman–Crippen MR) is 257 cm³/mol. The van der Waals surface area contributed by atoms with Gasteiger partial charge in [-0.3, -0.25) is 0 Å². The van der Waals surface area contributed by atoms with Crippen LogP contribution in [0.5, 0.6) is 0 Å². The van der Waals surface area contributed by atoms with Gasteiger partial charge >= 0.3 is 0 Å². The monoisotopic (exact) mass is 778 g/mol. The van der Waals surface area contributed by atoms with E-state index in [2.05, 4.69) is 228 Å². The standard InChI is InChI=1S/C58H38N2O/c1-2-13-46(14-3-1)60-55-18-8-6-16-50(55)53-37-44(30-36-56(53)60)41-23-21-39(22-24-41)40-25-31-47(32-26-40)59(54-19-10-12-43-11-4-5-15-49(43)54)48-33-27-42(28-34-48)45-29-35-52-51-17-7-9-20-57(51)61-58(52)38-45/h1-38H. The van der Waals surface area contributed by atoms with Crippen molar-refractivity contribution < 1.29 is 4.42 Å². The molecule has 0 unspecified atom stereocenters. The molecule has 12 rings (SSSR count). The van der Waals surface area contributed by atoms with E-state index >= 15 is 0 Å². The number of aromatic nitrogens is 1. The van der Waals surface area contributed by atoms with Crippen LogP contribution in [0.2, 0.25) is 0 Å². The van der Waals surface area contributed by atoms with Crippen LogP contribution < -0.4 is 4.90 Å². The first kappa shape index (κ1) is 34.9. The van der Waals surface area contributed by atoms with E-state index in [1.807, 2.05) is 12.1 Å². The summed E-state index contributed by atoms with van der Waals surface area (Å²) in [5.41, 5.74) is 15.8.